The van der Waals surface area contributed by atoms with Crippen molar-refractivity contribution in [3.63, 3.8) is 0 Å². The van der Waals surface area contributed by atoms with Crippen LogP contribution in [0.1, 0.15) is 35.6 Å². The van der Waals surface area contributed by atoms with Gasteiger partial charge in [-0.3, -0.25) is 9.59 Å². The molecule has 0 bridgehead atoms. The van der Waals surface area contributed by atoms with Crippen molar-refractivity contribution in [1.82, 2.24) is 5.32 Å². The van der Waals surface area contributed by atoms with Gasteiger partial charge in [0.15, 0.2) is 0 Å². The van der Waals surface area contributed by atoms with Crippen LogP contribution in [0.25, 0.3) is 0 Å². The fourth-order valence-electron chi connectivity index (χ4n) is 2.99. The Bertz CT molecular complexity index is 805. The van der Waals surface area contributed by atoms with Gasteiger partial charge in [-0.1, -0.05) is 42.0 Å². The number of benzene rings is 2. The van der Waals surface area contributed by atoms with Crippen molar-refractivity contribution in [3.05, 3.63) is 65.2 Å². The van der Waals surface area contributed by atoms with Gasteiger partial charge in [-0.2, -0.15) is 0 Å². The summed E-state index contributed by atoms with van der Waals surface area (Å²) in [5, 5.41) is 5.71. The maximum absolute atomic E-state index is 12.3. The minimum atomic E-state index is -0.715. The van der Waals surface area contributed by atoms with Crippen LogP contribution in [0.4, 0.5) is 5.69 Å². The van der Waals surface area contributed by atoms with Crippen LogP contribution in [0.2, 0.25) is 0 Å². The van der Waals surface area contributed by atoms with Gasteiger partial charge in [-0.05, 0) is 43.0 Å². The molecule has 150 valence electrons. The number of halogens is 1. The molecule has 0 aromatic heterocycles. The van der Waals surface area contributed by atoms with Crippen LogP contribution in [0, 0.1) is 6.92 Å². The van der Waals surface area contributed by atoms with Gasteiger partial charge in [-0.15, -0.1) is 12.4 Å². The van der Waals surface area contributed by atoms with Gasteiger partial charge in [0.1, 0.15) is 12.1 Å². The van der Waals surface area contributed by atoms with Crippen molar-refractivity contribution in [2.75, 3.05) is 11.9 Å². The number of ether oxygens (including phenoxy) is 1. The Morgan fingerprint density at radius 2 is 1.96 bits per heavy atom. The number of carbonyl (C=O) groups excluding carboxylic acids is 2. The third-order valence-electron chi connectivity index (χ3n) is 4.60. The number of anilines is 1. The first-order valence-corrected chi connectivity index (χ1v) is 9.14. The molecule has 1 aliphatic heterocycles. The van der Waals surface area contributed by atoms with E-state index in [1.54, 1.807) is 0 Å². The standard InChI is InChI=1S/C21H25N3O3.ClH/c1-14-7-9-16(10-8-14)19(22)21(26)23-13-15-4-2-5-17(12-15)24-20(25)18-6-3-11-27-18;/h2,4-5,7-10,12,18-19H,3,6,11,13,22H2,1H3,(H,23,26)(H,24,25);1H. The molecule has 2 unspecified atom stereocenters. The summed E-state index contributed by atoms with van der Waals surface area (Å²) in [6, 6.07) is 14.3. The summed E-state index contributed by atoms with van der Waals surface area (Å²) < 4.78 is 5.39. The normalized spacial score (nSPS) is 16.7. The second kappa shape index (κ2) is 10.2. The summed E-state index contributed by atoms with van der Waals surface area (Å²) >= 11 is 0. The van der Waals surface area contributed by atoms with Gasteiger partial charge in [0.25, 0.3) is 5.91 Å². The largest absolute Gasteiger partial charge is 0.368 e. The topological polar surface area (TPSA) is 93.5 Å². The van der Waals surface area contributed by atoms with Crippen LogP contribution in [0.5, 0.6) is 0 Å². The molecule has 1 saturated heterocycles. The maximum Gasteiger partial charge on any atom is 0.253 e. The first-order chi connectivity index (χ1) is 13.0. The van der Waals surface area contributed by atoms with E-state index in [1.165, 1.54) is 0 Å². The number of hydrogen-bond donors (Lipinski definition) is 3. The van der Waals surface area contributed by atoms with Gasteiger partial charge in [0.05, 0.1) is 0 Å². The van der Waals surface area contributed by atoms with E-state index < -0.39 is 6.04 Å². The van der Waals surface area contributed by atoms with E-state index in [0.717, 1.165) is 29.5 Å². The van der Waals surface area contributed by atoms with Crippen molar-refractivity contribution in [2.45, 2.75) is 38.5 Å². The molecule has 0 aliphatic carbocycles. The number of nitrogens with two attached hydrogens (primary N) is 1. The summed E-state index contributed by atoms with van der Waals surface area (Å²) in [4.78, 5) is 24.5. The van der Waals surface area contributed by atoms with Crippen molar-refractivity contribution in [3.8, 4) is 0 Å². The Morgan fingerprint density at radius 1 is 1.21 bits per heavy atom. The zero-order valence-corrected chi connectivity index (χ0v) is 16.6. The number of amides is 2. The molecule has 7 heteroatoms. The zero-order chi connectivity index (χ0) is 19.2. The first kappa shape index (κ1) is 21.9. The molecule has 28 heavy (non-hydrogen) atoms. The molecule has 2 aromatic rings. The summed E-state index contributed by atoms with van der Waals surface area (Å²) in [5.41, 5.74) is 9.49. The molecule has 6 nitrogen and oxygen atoms in total. The van der Waals surface area contributed by atoms with Crippen molar-refractivity contribution in [1.29, 1.82) is 0 Å². The number of nitrogens with one attached hydrogen (secondary N) is 2. The lowest BCUT2D eigenvalue weighted by molar-refractivity contribution is -0.124. The molecule has 2 aromatic carbocycles. The Balaban J connectivity index is 0.00000280. The molecule has 1 fully saturated rings. The number of aryl methyl sites for hydroxylation is 1. The van der Waals surface area contributed by atoms with E-state index in [9.17, 15) is 9.59 Å². The van der Waals surface area contributed by atoms with Crippen molar-refractivity contribution < 1.29 is 14.3 Å². The van der Waals surface area contributed by atoms with Crippen molar-refractivity contribution in [2.24, 2.45) is 5.73 Å². The lowest BCUT2D eigenvalue weighted by atomic mass is 10.1. The van der Waals surface area contributed by atoms with E-state index in [4.69, 9.17) is 10.5 Å². The van der Waals surface area contributed by atoms with E-state index in [1.807, 2.05) is 55.5 Å². The Kier molecular flexibility index (Phi) is 7.99. The molecule has 3 rings (SSSR count). The van der Waals surface area contributed by atoms with Gasteiger partial charge in [0.2, 0.25) is 5.91 Å². The van der Waals surface area contributed by atoms with Crippen LogP contribution >= 0.6 is 12.4 Å². The third-order valence-corrected chi connectivity index (χ3v) is 4.60. The fourth-order valence-corrected chi connectivity index (χ4v) is 2.99. The van der Waals surface area contributed by atoms with Gasteiger partial charge < -0.3 is 21.1 Å². The smallest absolute Gasteiger partial charge is 0.253 e. The highest BCUT2D eigenvalue weighted by atomic mass is 35.5. The summed E-state index contributed by atoms with van der Waals surface area (Å²) in [5.74, 6) is -0.372. The Hall–Kier alpha value is -2.41. The Morgan fingerprint density at radius 3 is 2.64 bits per heavy atom. The first-order valence-electron chi connectivity index (χ1n) is 9.14. The highest BCUT2D eigenvalue weighted by Gasteiger charge is 2.23. The van der Waals surface area contributed by atoms with Crippen LogP contribution in [0.3, 0.4) is 0 Å². The minimum absolute atomic E-state index is 0. The highest BCUT2D eigenvalue weighted by molar-refractivity contribution is 5.94. The zero-order valence-electron chi connectivity index (χ0n) is 15.8. The maximum atomic E-state index is 12.3. The van der Waals surface area contributed by atoms with Gasteiger partial charge in [0, 0.05) is 18.8 Å². The quantitative estimate of drug-likeness (QED) is 0.691. The molecule has 0 spiro atoms. The van der Waals surface area contributed by atoms with Crippen LogP contribution in [0.15, 0.2) is 48.5 Å². The van der Waals surface area contributed by atoms with Gasteiger partial charge >= 0.3 is 0 Å². The summed E-state index contributed by atoms with van der Waals surface area (Å²) in [7, 11) is 0. The molecule has 2 amide bonds. The van der Waals surface area contributed by atoms with Crippen LogP contribution < -0.4 is 16.4 Å². The Labute approximate surface area is 171 Å². The SMILES string of the molecule is Cc1ccc(C(N)C(=O)NCc2cccc(NC(=O)C3CCCO3)c2)cc1.Cl. The van der Waals surface area contributed by atoms with E-state index >= 15 is 0 Å². The number of hydrogen-bond acceptors (Lipinski definition) is 4. The van der Waals surface area contributed by atoms with E-state index in [2.05, 4.69) is 10.6 Å². The van der Waals surface area contributed by atoms with E-state index in [-0.39, 0.29) is 30.3 Å². The second-order valence-electron chi connectivity index (χ2n) is 6.80. The lowest BCUT2D eigenvalue weighted by Crippen LogP contribution is -2.33. The average Bonchev–Trinajstić information content (AvgIpc) is 3.21. The predicted molar refractivity (Wildman–Crippen MR) is 111 cm³/mol. The molecular weight excluding hydrogens is 378 g/mol. The third kappa shape index (κ3) is 5.79. The van der Waals surface area contributed by atoms with Gasteiger partial charge in [-0.25, -0.2) is 0 Å². The summed E-state index contributed by atoms with van der Waals surface area (Å²) in [6.07, 6.45) is 1.28. The predicted octanol–water partition coefficient (Wildman–Crippen LogP) is 2.85. The van der Waals surface area contributed by atoms with Crippen LogP contribution in [-0.4, -0.2) is 24.5 Å². The highest BCUT2D eigenvalue weighted by Crippen LogP contribution is 2.17. The van der Waals surface area contributed by atoms with E-state index in [0.29, 0.717) is 18.8 Å². The number of carbonyl (C=O) groups is 2. The van der Waals surface area contributed by atoms with Crippen molar-refractivity contribution >= 4 is 29.9 Å². The van der Waals surface area contributed by atoms with Crippen LogP contribution in [-0.2, 0) is 20.9 Å². The molecule has 4 N–H and O–H groups in total. The molecule has 2 atom stereocenters. The second-order valence-corrected chi connectivity index (χ2v) is 6.80. The molecule has 1 heterocycles. The molecular formula is C21H26ClN3O3. The minimum Gasteiger partial charge on any atom is -0.368 e. The number of rotatable bonds is 6. The average molecular weight is 404 g/mol. The monoisotopic (exact) mass is 403 g/mol. The fraction of sp³-hybridized carbons (Fsp3) is 0.333. The molecule has 1 aliphatic rings. The summed E-state index contributed by atoms with van der Waals surface area (Å²) in [6.45, 7) is 2.95. The molecule has 0 saturated carbocycles. The lowest BCUT2D eigenvalue weighted by Gasteiger charge is -2.14. The molecule has 0 radical (unpaired) electrons.